The lowest BCUT2D eigenvalue weighted by Crippen LogP contribution is -2.53. The van der Waals surface area contributed by atoms with Crippen molar-refractivity contribution in [2.75, 3.05) is 0 Å². The number of halogens is 1. The molecular weight excluding hydrogens is 439 g/mol. The largest absolute Gasteiger partial charge is 0.511 e. The first-order chi connectivity index (χ1) is 16.0. The second-order valence-electron chi connectivity index (χ2n) is 9.13. The molecule has 2 heterocycles. The molecule has 2 aliphatic carbocycles. The molecule has 166 valence electrons. The van der Waals surface area contributed by atoms with Gasteiger partial charge in [0.05, 0.1) is 22.2 Å². The number of carbonyl (C=O) groups excluding carboxylic acids is 1. The molecule has 4 atom stereocenters. The number of amides is 1. The fourth-order valence-corrected chi connectivity index (χ4v) is 6.71. The van der Waals surface area contributed by atoms with Gasteiger partial charge in [-0.25, -0.2) is 9.38 Å². The number of rotatable bonds is 3. The molecule has 2 aromatic carbocycles. The average molecular weight is 461 g/mol. The molecule has 33 heavy (non-hydrogen) atoms. The number of aliphatic imine (C=N–C) groups is 1. The lowest BCUT2D eigenvalue weighted by atomic mass is 9.77. The first-order valence-electron chi connectivity index (χ1n) is 11.1. The maximum absolute atomic E-state index is 13.8. The molecule has 0 spiro atoms. The fraction of sp³-hybridized carbons (Fsp3) is 0.320. The minimum atomic E-state index is -0.309. The van der Waals surface area contributed by atoms with E-state index < -0.39 is 0 Å². The van der Waals surface area contributed by atoms with Crippen LogP contribution in [0.25, 0.3) is 0 Å². The highest BCUT2D eigenvalue weighted by Gasteiger charge is 2.56. The van der Waals surface area contributed by atoms with Gasteiger partial charge >= 0.3 is 0 Å². The van der Waals surface area contributed by atoms with Gasteiger partial charge in [0.1, 0.15) is 17.1 Å². The van der Waals surface area contributed by atoms with Crippen molar-refractivity contribution in [3.63, 3.8) is 0 Å². The first kappa shape index (κ1) is 20.3. The zero-order valence-electron chi connectivity index (χ0n) is 17.7. The molecule has 2 aliphatic heterocycles. The molecule has 0 aromatic heterocycles. The fourth-order valence-electron chi connectivity index (χ4n) is 5.95. The standard InChI is InChI=1S/C25H21FN4O2S/c26-17-6-1-13(2-7-17)12-30-22-16-5-4-15(10-16)20(22)23(31)21(25(30)32)24-28-18-8-3-14(11-27)9-19(18)33-29-24/h1-3,6-9,15-16,20,22,31H,4-5,10,12H2,(H,28,29)/t15?,16-,20-,22+/m1/s1. The Labute approximate surface area is 194 Å². The number of nitriles is 1. The number of aliphatic hydroxyl groups excluding tert-OH is 1. The molecule has 1 unspecified atom stereocenters. The third kappa shape index (κ3) is 3.22. The van der Waals surface area contributed by atoms with Crippen LogP contribution in [0.4, 0.5) is 10.1 Å². The summed E-state index contributed by atoms with van der Waals surface area (Å²) in [6, 6.07) is 13.5. The number of aliphatic hydroxyl groups is 1. The van der Waals surface area contributed by atoms with Crippen LogP contribution in [0.3, 0.4) is 0 Å². The van der Waals surface area contributed by atoms with Gasteiger partial charge in [0.2, 0.25) is 0 Å². The number of amidine groups is 1. The number of hydrogen-bond acceptors (Lipinski definition) is 6. The minimum Gasteiger partial charge on any atom is -0.511 e. The highest BCUT2D eigenvalue weighted by Crippen LogP contribution is 2.55. The third-order valence-corrected chi connectivity index (χ3v) is 8.20. The molecule has 2 saturated carbocycles. The number of hydrogen-bond donors (Lipinski definition) is 2. The van der Waals surface area contributed by atoms with Crippen molar-refractivity contribution in [1.82, 2.24) is 9.62 Å². The molecule has 1 amide bonds. The zero-order valence-corrected chi connectivity index (χ0v) is 18.5. The van der Waals surface area contributed by atoms with Crippen LogP contribution in [0.1, 0.15) is 30.4 Å². The van der Waals surface area contributed by atoms with E-state index in [4.69, 9.17) is 5.26 Å². The van der Waals surface area contributed by atoms with Crippen LogP contribution in [-0.2, 0) is 11.3 Å². The summed E-state index contributed by atoms with van der Waals surface area (Å²) in [4.78, 5) is 21.1. The Bertz CT molecular complexity index is 1270. The van der Waals surface area contributed by atoms with E-state index in [9.17, 15) is 14.3 Å². The Hall–Kier alpha value is -3.31. The van der Waals surface area contributed by atoms with Crippen LogP contribution in [0.15, 0.2) is 63.7 Å². The van der Waals surface area contributed by atoms with E-state index in [-0.39, 0.29) is 35.0 Å². The van der Waals surface area contributed by atoms with Gasteiger partial charge < -0.3 is 14.7 Å². The molecular formula is C25H21FN4O2S. The summed E-state index contributed by atoms with van der Waals surface area (Å²) in [6.07, 6.45) is 3.12. The Morgan fingerprint density at radius 2 is 2.00 bits per heavy atom. The van der Waals surface area contributed by atoms with Gasteiger partial charge in [-0.2, -0.15) is 5.26 Å². The van der Waals surface area contributed by atoms with Gasteiger partial charge in [-0.15, -0.1) is 0 Å². The molecule has 6 rings (SSSR count). The summed E-state index contributed by atoms with van der Waals surface area (Å²) >= 11 is 1.28. The summed E-state index contributed by atoms with van der Waals surface area (Å²) in [5.41, 5.74) is 2.26. The minimum absolute atomic E-state index is 0.0487. The van der Waals surface area contributed by atoms with Gasteiger partial charge in [-0.3, -0.25) is 4.79 Å². The Kier molecular flexibility index (Phi) is 4.70. The van der Waals surface area contributed by atoms with E-state index in [1.165, 1.54) is 24.1 Å². The number of nitrogens with zero attached hydrogens (tertiary/aromatic N) is 3. The average Bonchev–Trinajstić information content (AvgIpc) is 3.45. The van der Waals surface area contributed by atoms with E-state index in [1.54, 1.807) is 30.3 Å². The van der Waals surface area contributed by atoms with Crippen molar-refractivity contribution in [3.8, 4) is 6.07 Å². The lowest BCUT2D eigenvalue weighted by Gasteiger charge is -2.44. The lowest BCUT2D eigenvalue weighted by molar-refractivity contribution is -0.134. The summed E-state index contributed by atoms with van der Waals surface area (Å²) in [7, 11) is 0. The van der Waals surface area contributed by atoms with Crippen LogP contribution in [0, 0.1) is 34.9 Å². The van der Waals surface area contributed by atoms with Crippen molar-refractivity contribution in [2.45, 2.75) is 36.7 Å². The molecule has 2 bridgehead atoms. The second-order valence-corrected chi connectivity index (χ2v) is 9.98. The van der Waals surface area contributed by atoms with E-state index in [0.29, 0.717) is 35.5 Å². The van der Waals surface area contributed by atoms with Crippen molar-refractivity contribution in [1.29, 1.82) is 5.26 Å². The molecule has 2 fully saturated rings. The number of fused-ring (bicyclic) bond motifs is 6. The van der Waals surface area contributed by atoms with Gasteiger partial charge in [0.15, 0.2) is 5.84 Å². The summed E-state index contributed by atoms with van der Waals surface area (Å²) in [5, 5.41) is 20.5. The second kappa shape index (κ2) is 7.63. The topological polar surface area (TPSA) is 88.7 Å². The third-order valence-electron chi connectivity index (χ3n) is 7.36. The summed E-state index contributed by atoms with van der Waals surface area (Å²) < 4.78 is 16.6. The predicted octanol–water partition coefficient (Wildman–Crippen LogP) is 4.61. The highest BCUT2D eigenvalue weighted by atomic mass is 32.2. The molecule has 0 saturated heterocycles. The van der Waals surface area contributed by atoms with E-state index >= 15 is 0 Å². The van der Waals surface area contributed by atoms with Crippen LogP contribution < -0.4 is 4.72 Å². The van der Waals surface area contributed by atoms with Crippen molar-refractivity contribution < 1.29 is 14.3 Å². The van der Waals surface area contributed by atoms with Gasteiger partial charge in [-0.05, 0) is 78.9 Å². The molecule has 2 aromatic rings. The Balaban J connectivity index is 1.41. The normalized spacial score (nSPS) is 27.6. The van der Waals surface area contributed by atoms with Crippen LogP contribution in [0.5, 0.6) is 0 Å². The maximum atomic E-state index is 13.8. The van der Waals surface area contributed by atoms with E-state index in [2.05, 4.69) is 15.8 Å². The number of carbonyl (C=O) groups is 1. The quantitative estimate of drug-likeness (QED) is 0.653. The van der Waals surface area contributed by atoms with E-state index in [1.807, 2.05) is 4.90 Å². The van der Waals surface area contributed by atoms with Gasteiger partial charge in [-0.1, -0.05) is 12.1 Å². The smallest absolute Gasteiger partial charge is 0.261 e. The summed E-state index contributed by atoms with van der Waals surface area (Å²) in [6.45, 7) is 0.364. The molecule has 2 N–H and O–H groups in total. The van der Waals surface area contributed by atoms with Gasteiger partial charge in [0, 0.05) is 18.5 Å². The molecule has 0 radical (unpaired) electrons. The van der Waals surface area contributed by atoms with Crippen molar-refractivity contribution >= 4 is 29.4 Å². The maximum Gasteiger partial charge on any atom is 0.261 e. The monoisotopic (exact) mass is 460 g/mol. The first-order valence-corrected chi connectivity index (χ1v) is 11.9. The molecule has 6 nitrogen and oxygen atoms in total. The van der Waals surface area contributed by atoms with Crippen LogP contribution in [0.2, 0.25) is 0 Å². The Morgan fingerprint density at radius 1 is 1.21 bits per heavy atom. The SMILES string of the molecule is N#Cc1ccc2c(c1)SNC(C1=C(O)[C@@H]3C4CC[C@H](C4)[C@@H]3N(Cc3ccc(F)cc3)C1=O)=N2. The van der Waals surface area contributed by atoms with Crippen LogP contribution in [-0.4, -0.2) is 27.8 Å². The summed E-state index contributed by atoms with van der Waals surface area (Å²) in [5.74, 6) is 0.524. The molecule has 4 aliphatic rings. The van der Waals surface area contributed by atoms with E-state index in [0.717, 1.165) is 29.7 Å². The Morgan fingerprint density at radius 3 is 2.79 bits per heavy atom. The molecule has 8 heteroatoms. The van der Waals surface area contributed by atoms with Crippen LogP contribution >= 0.6 is 11.9 Å². The predicted molar refractivity (Wildman–Crippen MR) is 122 cm³/mol. The number of benzene rings is 2. The number of nitrogens with one attached hydrogen (secondary N) is 1. The zero-order chi connectivity index (χ0) is 22.7. The van der Waals surface area contributed by atoms with Crippen molar-refractivity contribution in [3.05, 3.63) is 70.7 Å². The van der Waals surface area contributed by atoms with Gasteiger partial charge in [0.25, 0.3) is 5.91 Å². The van der Waals surface area contributed by atoms with Crippen molar-refractivity contribution in [2.24, 2.45) is 22.7 Å². The highest BCUT2D eigenvalue weighted by molar-refractivity contribution is 7.98.